The van der Waals surface area contributed by atoms with Gasteiger partial charge in [0, 0.05) is 17.8 Å². The molecule has 426 valence electrons. The molecular weight excluding hydrogens is 847 g/mol. The van der Waals surface area contributed by atoms with Gasteiger partial charge in [-0.25, -0.2) is 0 Å². The zero-order valence-electron chi connectivity index (χ0n) is 56.0. The molecule has 0 aromatic heterocycles. The molecule has 2 rings (SSSR count). The number of hydrogen-bond acceptors (Lipinski definition) is 8. The first-order valence-electron chi connectivity index (χ1n) is 30.7. The summed E-state index contributed by atoms with van der Waals surface area (Å²) in [6.45, 7) is 58.7. The minimum Gasteiger partial charge on any atom is -0.385 e. The number of hydrogen-bond donors (Lipinski definition) is 0. The number of nitrogens with zero attached hydrogens (tertiary/aromatic N) is 7. The molecule has 0 aliphatic carbocycles. The molecule has 2 saturated heterocycles. The van der Waals surface area contributed by atoms with Gasteiger partial charge < -0.3 is 39.0 Å². The van der Waals surface area contributed by atoms with E-state index in [2.05, 4.69) is 196 Å². The van der Waals surface area contributed by atoms with Gasteiger partial charge in [0.25, 0.3) is 0 Å². The molecule has 0 aromatic carbocycles. The summed E-state index contributed by atoms with van der Waals surface area (Å²) < 4.78 is 26.0. The third-order valence-electron chi connectivity index (χ3n) is 12.0. The summed E-state index contributed by atoms with van der Waals surface area (Å²) in [6, 6.07) is 0. The minimum atomic E-state index is -1.92. The van der Waals surface area contributed by atoms with Crippen molar-refractivity contribution in [2.45, 2.75) is 202 Å². The van der Waals surface area contributed by atoms with Crippen molar-refractivity contribution < 1.29 is 8.85 Å². The van der Waals surface area contributed by atoms with Gasteiger partial charge >= 0.3 is 0 Å². The van der Waals surface area contributed by atoms with Gasteiger partial charge in [-0.3, -0.25) is 0 Å². The van der Waals surface area contributed by atoms with Crippen LogP contribution in [0.2, 0.25) is 0 Å². The first kappa shape index (κ1) is 72.9. The third-order valence-corrected chi connectivity index (χ3v) is 12.0. The fourth-order valence-electron chi connectivity index (χ4n) is 5.95. The minimum absolute atomic E-state index is 0.569. The largest absolute Gasteiger partial charge is 0.385 e. The molecule has 0 bridgehead atoms. The molecule has 0 amide bonds. The van der Waals surface area contributed by atoms with Crippen LogP contribution in [0.15, 0.2) is 0 Å². The zero-order chi connectivity index (χ0) is 57.3. The van der Waals surface area contributed by atoms with E-state index in [4.69, 9.17) is 8.85 Å². The van der Waals surface area contributed by atoms with Crippen LogP contribution in [0.5, 0.6) is 0 Å². The lowest BCUT2D eigenvalue weighted by Crippen LogP contribution is -2.38. The topological polar surface area (TPSA) is 31.9 Å². The van der Waals surface area contributed by atoms with Crippen molar-refractivity contribution in [3.8, 4) is 0 Å². The number of methoxy groups -OCH3 is 1. The van der Waals surface area contributed by atoms with Crippen LogP contribution in [0, 0.1) is 47.3 Å². The van der Waals surface area contributed by atoms with Crippen LogP contribution in [0.4, 0.5) is 0 Å². The second-order valence-electron chi connectivity index (χ2n) is 24.1. The lowest BCUT2D eigenvalue weighted by atomic mass is 10.1. The van der Waals surface area contributed by atoms with Gasteiger partial charge in [-0.15, -0.1) is 0 Å². The van der Waals surface area contributed by atoms with Crippen molar-refractivity contribution in [3.63, 3.8) is 0 Å². The van der Waals surface area contributed by atoms with E-state index in [1.54, 1.807) is 14.2 Å². The molecule has 0 N–H and O–H groups in total. The summed E-state index contributed by atoms with van der Waals surface area (Å²) in [4.78, 5) is 15.8. The second-order valence-corrected chi connectivity index (χ2v) is 24.1. The third kappa shape index (κ3) is 87.8. The lowest BCUT2D eigenvalue weighted by Gasteiger charge is -2.31. The Balaban J connectivity index is -0.000000173. The Kier molecular flexibility index (Phi) is 61.9. The van der Waals surface area contributed by atoms with Crippen molar-refractivity contribution in [2.24, 2.45) is 47.3 Å². The van der Waals surface area contributed by atoms with Crippen molar-refractivity contribution in [2.75, 3.05) is 155 Å². The first-order valence-corrected chi connectivity index (χ1v) is 29.2. The number of ether oxygens (including phenoxy) is 1. The lowest BCUT2D eigenvalue weighted by molar-refractivity contribution is 0.172. The smallest absolute Gasteiger partial charge is 0.0464 e. The number of likely N-dealkylation sites (tertiary alicyclic amines) is 2. The van der Waals surface area contributed by atoms with E-state index in [0.29, 0.717) is 12.5 Å². The molecule has 8 nitrogen and oxygen atoms in total. The van der Waals surface area contributed by atoms with Gasteiger partial charge in [0.05, 0.1) is 0 Å². The van der Waals surface area contributed by atoms with Gasteiger partial charge in [0.1, 0.15) is 0 Å². The monoisotopic (exact) mass is 991 g/mol. The molecule has 0 aromatic rings. The Labute approximate surface area is 445 Å². The van der Waals surface area contributed by atoms with Crippen molar-refractivity contribution in [1.29, 1.82) is 0 Å². The molecule has 2 heterocycles. The summed E-state index contributed by atoms with van der Waals surface area (Å²) >= 11 is 0. The molecule has 2 aliphatic rings. The Hall–Kier alpha value is -0.320. The highest BCUT2D eigenvalue weighted by Gasteiger charge is 2.13. The van der Waals surface area contributed by atoms with Crippen LogP contribution < -0.4 is 0 Å². The summed E-state index contributed by atoms with van der Waals surface area (Å²) in [5.74, 6) is 6.49. The molecule has 0 radical (unpaired) electrons. The quantitative estimate of drug-likeness (QED) is 0.0805. The molecule has 2 fully saturated rings. The maximum absolute atomic E-state index is 7.04. The molecule has 0 atom stereocenters. The second kappa shape index (κ2) is 58.6. The molecule has 2 aliphatic heterocycles. The summed E-state index contributed by atoms with van der Waals surface area (Å²) in [5.41, 5.74) is 0. The van der Waals surface area contributed by atoms with Crippen molar-refractivity contribution in [1.82, 2.24) is 34.3 Å². The van der Waals surface area contributed by atoms with Crippen molar-refractivity contribution in [3.05, 3.63) is 0 Å². The van der Waals surface area contributed by atoms with Crippen LogP contribution in [0.1, 0.15) is 206 Å². The van der Waals surface area contributed by atoms with E-state index in [0.717, 1.165) is 54.5 Å². The Bertz CT molecular complexity index is 940. The van der Waals surface area contributed by atoms with Gasteiger partial charge in [0.15, 0.2) is 0 Å². The highest BCUT2D eigenvalue weighted by atomic mass is 16.5. The van der Waals surface area contributed by atoms with Gasteiger partial charge in [-0.05, 0) is 259 Å². The molecule has 0 unspecified atom stereocenters. The fourth-order valence-corrected chi connectivity index (χ4v) is 5.95. The van der Waals surface area contributed by atoms with Crippen LogP contribution in [0.3, 0.4) is 0 Å². The molecule has 8 heteroatoms. The predicted molar refractivity (Wildman–Crippen MR) is 321 cm³/mol. The predicted octanol–water partition coefficient (Wildman–Crippen LogP) is 14.7. The maximum atomic E-state index is 7.04. The summed E-state index contributed by atoms with van der Waals surface area (Å²) in [7, 11) is 14.0. The average molecular weight is 992 g/mol. The number of rotatable bonds is 27. The Morgan fingerprint density at radius 1 is 0.391 bits per heavy atom. The fraction of sp³-hybridized carbons (Fsp3) is 1.00. The normalized spacial score (nSPS) is 14.6. The van der Waals surface area contributed by atoms with Crippen LogP contribution in [0.25, 0.3) is 0 Å². The van der Waals surface area contributed by atoms with Crippen LogP contribution in [-0.2, 0) is 4.74 Å². The SMILES string of the molecule is CC(C)CCN(C)C.CC(C)CCN(C)C.CC(C)CCN1CCC1.CC(C)CCN1CCCC1.CCN(C)CCC(C)C.CCN(CC)CCC(C)C.COCCC(C)C.[2H]C([2H])([2H])N(C)CCC(C)C. The van der Waals surface area contributed by atoms with E-state index in [9.17, 15) is 0 Å². The van der Waals surface area contributed by atoms with E-state index in [1.807, 2.05) is 0 Å². The molecule has 0 spiro atoms. The van der Waals surface area contributed by atoms with E-state index in [-0.39, 0.29) is 0 Å². The highest BCUT2D eigenvalue weighted by molar-refractivity contribution is 4.68. The molecule has 0 saturated carbocycles. The average Bonchev–Trinajstić information content (AvgIpc) is 3.79. The molecular formula is C61H141N7O. The van der Waals surface area contributed by atoms with Crippen LogP contribution >= 0.6 is 0 Å². The Morgan fingerprint density at radius 3 is 0.913 bits per heavy atom. The van der Waals surface area contributed by atoms with Gasteiger partial charge in [-0.1, -0.05) is 132 Å². The standard InChI is InChI=1S/C9H19N.C9H21N.C8H17N.C8H19N.3C7H17N.C6H14O/c1-9(2)5-8-10-6-3-4-7-10;1-5-10(6-2)8-7-9(3)4;1-8(2)4-7-9-5-3-6-9;1-5-9(4)7-6-8(2)3;3*1-7(2)5-6-8(3)4;1-6(2)4-5-7-3/h9H,3-8H2,1-2H3;9H,5-8H2,1-4H3;8H,3-7H2,1-2H3;8H,5-7H2,1-4H3;3*7H,5-6H2,1-4H3;6H,4-5H2,1-3H3/i;;;;3D3;;;. The van der Waals surface area contributed by atoms with Crippen LogP contribution in [-0.4, -0.2) is 189 Å². The molecule has 69 heavy (non-hydrogen) atoms. The zero-order valence-corrected chi connectivity index (χ0v) is 53.0. The van der Waals surface area contributed by atoms with E-state index in [1.165, 1.54) is 154 Å². The van der Waals surface area contributed by atoms with Gasteiger partial charge in [-0.2, -0.15) is 0 Å². The highest BCUT2D eigenvalue weighted by Crippen LogP contribution is 2.11. The summed E-state index contributed by atoms with van der Waals surface area (Å²) in [5, 5.41) is 0. The first-order chi connectivity index (χ1) is 33.3. The van der Waals surface area contributed by atoms with E-state index < -0.39 is 6.98 Å². The van der Waals surface area contributed by atoms with Gasteiger partial charge in [0.2, 0.25) is 0 Å². The van der Waals surface area contributed by atoms with Crippen molar-refractivity contribution >= 4 is 0 Å². The van der Waals surface area contributed by atoms with E-state index >= 15 is 0 Å². The Morgan fingerprint density at radius 2 is 0.696 bits per heavy atom. The summed E-state index contributed by atoms with van der Waals surface area (Å²) in [6.07, 6.45) is 14.4. The maximum Gasteiger partial charge on any atom is 0.0464 e.